The SMILES string of the molecule is COC(c1ccccc1)n1cnc(N)c2nc(C(C)C)nc1-2.c1cc2cc(c1)OC2. The van der Waals surface area contributed by atoms with Gasteiger partial charge in [0.25, 0.3) is 0 Å². The molecule has 0 radical (unpaired) electrons. The van der Waals surface area contributed by atoms with Crippen LogP contribution in [0.3, 0.4) is 0 Å². The van der Waals surface area contributed by atoms with Gasteiger partial charge in [-0.2, -0.15) is 0 Å². The standard InChI is InChI=1S/C16H19N5O.C7H6O/c1-10(2)14-19-12-13(17)18-9-21(15(12)20-14)16(22-3)11-7-5-4-6-8-11;1-2-6-4-7(3-1)8-5-6/h4-10,16H,17H2,1-3H3;1-4H,5H2. The Balaban J connectivity index is 0.000000225. The van der Waals surface area contributed by atoms with Crippen LogP contribution in [0.2, 0.25) is 0 Å². The van der Waals surface area contributed by atoms with Crippen molar-refractivity contribution in [3.05, 3.63) is 77.9 Å². The Labute approximate surface area is 175 Å². The molecular formula is C23H25N5O2. The molecule has 30 heavy (non-hydrogen) atoms. The average Bonchev–Trinajstić information content (AvgIpc) is 3.36. The number of aromatic nitrogens is 4. The topological polar surface area (TPSA) is 88.1 Å². The van der Waals surface area contributed by atoms with Crippen molar-refractivity contribution in [2.75, 3.05) is 12.8 Å². The fraction of sp³-hybridized carbons (Fsp3) is 0.261. The zero-order valence-electron chi connectivity index (χ0n) is 17.3. The molecule has 7 heteroatoms. The number of hydrogen-bond donors (Lipinski definition) is 1. The van der Waals surface area contributed by atoms with E-state index in [0.29, 0.717) is 17.3 Å². The molecule has 0 spiro atoms. The van der Waals surface area contributed by atoms with Crippen LogP contribution in [-0.4, -0.2) is 26.6 Å². The predicted octanol–water partition coefficient (Wildman–Crippen LogP) is 4.26. The summed E-state index contributed by atoms with van der Waals surface area (Å²) in [5.74, 6) is 3.05. The highest BCUT2D eigenvalue weighted by Gasteiger charge is 2.24. The van der Waals surface area contributed by atoms with E-state index in [1.165, 1.54) is 5.56 Å². The summed E-state index contributed by atoms with van der Waals surface area (Å²) < 4.78 is 12.7. The molecule has 2 aromatic rings. The van der Waals surface area contributed by atoms with E-state index < -0.39 is 0 Å². The van der Waals surface area contributed by atoms with Crippen molar-refractivity contribution in [1.82, 2.24) is 19.5 Å². The summed E-state index contributed by atoms with van der Waals surface area (Å²) in [7, 11) is 1.66. The minimum Gasteiger partial charge on any atom is -0.489 e. The van der Waals surface area contributed by atoms with Gasteiger partial charge in [0.1, 0.15) is 24.5 Å². The number of imidazole rings is 1. The fourth-order valence-electron chi connectivity index (χ4n) is 3.29. The summed E-state index contributed by atoms with van der Waals surface area (Å²) in [5, 5.41) is 0. The average molecular weight is 403 g/mol. The van der Waals surface area contributed by atoms with E-state index in [0.717, 1.165) is 23.7 Å². The van der Waals surface area contributed by atoms with E-state index in [1.807, 2.05) is 60.9 Å². The van der Waals surface area contributed by atoms with E-state index in [9.17, 15) is 0 Å². The smallest absolute Gasteiger partial charge is 0.168 e. The molecule has 3 heterocycles. The Morgan fingerprint density at radius 2 is 1.87 bits per heavy atom. The van der Waals surface area contributed by atoms with Crippen LogP contribution >= 0.6 is 0 Å². The van der Waals surface area contributed by atoms with Crippen LogP contribution in [0.4, 0.5) is 5.82 Å². The summed E-state index contributed by atoms with van der Waals surface area (Å²) in [6.45, 7) is 4.86. The molecule has 3 aliphatic heterocycles. The summed E-state index contributed by atoms with van der Waals surface area (Å²) in [6, 6.07) is 18.0. The fourth-order valence-corrected chi connectivity index (χ4v) is 3.29. The van der Waals surface area contributed by atoms with Crippen LogP contribution in [0.25, 0.3) is 11.5 Å². The lowest BCUT2D eigenvalue weighted by Gasteiger charge is -2.21. The number of nitrogens with two attached hydrogens (primary N) is 1. The van der Waals surface area contributed by atoms with Gasteiger partial charge in [0.2, 0.25) is 0 Å². The highest BCUT2D eigenvalue weighted by atomic mass is 16.5. The first-order chi connectivity index (χ1) is 14.6. The molecule has 0 saturated carbocycles. The van der Waals surface area contributed by atoms with E-state index in [-0.39, 0.29) is 12.1 Å². The first-order valence-corrected chi connectivity index (χ1v) is 9.86. The Bertz CT molecular complexity index is 1070. The zero-order chi connectivity index (χ0) is 21.1. The van der Waals surface area contributed by atoms with Crippen molar-refractivity contribution in [2.45, 2.75) is 32.6 Å². The highest BCUT2D eigenvalue weighted by Crippen LogP contribution is 2.30. The normalized spacial score (nSPS) is 13.1. The van der Waals surface area contributed by atoms with Gasteiger partial charge in [-0.1, -0.05) is 56.3 Å². The highest BCUT2D eigenvalue weighted by molar-refractivity contribution is 5.65. The number of hydrogen-bond acceptors (Lipinski definition) is 6. The maximum absolute atomic E-state index is 5.95. The molecule has 3 aliphatic rings. The van der Waals surface area contributed by atoms with Crippen molar-refractivity contribution in [3.8, 4) is 17.3 Å². The van der Waals surface area contributed by atoms with Crippen molar-refractivity contribution in [2.24, 2.45) is 0 Å². The van der Waals surface area contributed by atoms with E-state index in [4.69, 9.17) is 15.2 Å². The zero-order valence-corrected chi connectivity index (χ0v) is 17.3. The van der Waals surface area contributed by atoms with Crippen molar-refractivity contribution >= 4 is 5.82 Å². The third kappa shape index (κ3) is 3.97. The molecule has 2 N–H and O–H groups in total. The number of rotatable bonds is 4. The third-order valence-electron chi connectivity index (χ3n) is 4.85. The van der Waals surface area contributed by atoms with Crippen LogP contribution < -0.4 is 10.5 Å². The summed E-state index contributed by atoms with van der Waals surface area (Å²) in [6.07, 6.45) is 1.32. The number of methoxy groups -OCH3 is 1. The largest absolute Gasteiger partial charge is 0.489 e. The number of benzene rings is 2. The van der Waals surface area contributed by atoms with Gasteiger partial charge in [0.05, 0.1) is 0 Å². The predicted molar refractivity (Wildman–Crippen MR) is 115 cm³/mol. The van der Waals surface area contributed by atoms with Crippen LogP contribution in [-0.2, 0) is 11.3 Å². The van der Waals surface area contributed by atoms with Gasteiger partial charge in [-0.05, 0) is 17.7 Å². The van der Waals surface area contributed by atoms with Gasteiger partial charge in [0, 0.05) is 18.6 Å². The van der Waals surface area contributed by atoms with Gasteiger partial charge >= 0.3 is 0 Å². The Hall–Kier alpha value is -3.45. The molecule has 154 valence electrons. The molecule has 2 bridgehead atoms. The lowest BCUT2D eigenvalue weighted by Crippen LogP contribution is -2.17. The minimum atomic E-state index is -0.325. The number of fused-ring (bicyclic) bond motifs is 3. The Morgan fingerprint density at radius 3 is 2.53 bits per heavy atom. The van der Waals surface area contributed by atoms with Gasteiger partial charge < -0.3 is 15.2 Å². The second-order valence-electron chi connectivity index (χ2n) is 7.38. The molecule has 0 aromatic heterocycles. The molecule has 1 unspecified atom stereocenters. The van der Waals surface area contributed by atoms with Crippen molar-refractivity contribution < 1.29 is 9.47 Å². The molecule has 7 nitrogen and oxygen atoms in total. The molecule has 5 rings (SSSR count). The number of nitrogen functional groups attached to an aromatic ring is 1. The van der Waals surface area contributed by atoms with Crippen LogP contribution in [0.1, 0.15) is 42.9 Å². The molecular weight excluding hydrogens is 378 g/mol. The quantitative estimate of drug-likeness (QED) is 0.548. The second kappa shape index (κ2) is 8.51. The van der Waals surface area contributed by atoms with Crippen molar-refractivity contribution in [3.63, 3.8) is 0 Å². The van der Waals surface area contributed by atoms with E-state index in [1.54, 1.807) is 13.4 Å². The second-order valence-corrected chi connectivity index (χ2v) is 7.38. The third-order valence-corrected chi connectivity index (χ3v) is 4.85. The molecule has 0 fully saturated rings. The lowest BCUT2D eigenvalue weighted by atomic mass is 10.2. The number of ether oxygens (including phenoxy) is 2. The van der Waals surface area contributed by atoms with Crippen LogP contribution in [0.5, 0.6) is 5.75 Å². The minimum absolute atomic E-state index is 0.220. The number of nitrogens with zero attached hydrogens (tertiary/aromatic N) is 4. The van der Waals surface area contributed by atoms with Gasteiger partial charge in [-0.3, -0.25) is 4.57 Å². The molecule has 0 saturated heterocycles. The first-order valence-electron chi connectivity index (χ1n) is 9.86. The molecule has 0 aliphatic carbocycles. The Morgan fingerprint density at radius 1 is 1.07 bits per heavy atom. The summed E-state index contributed by atoms with van der Waals surface area (Å²) >= 11 is 0. The molecule has 1 atom stereocenters. The summed E-state index contributed by atoms with van der Waals surface area (Å²) in [4.78, 5) is 13.4. The maximum Gasteiger partial charge on any atom is 0.168 e. The Kier molecular flexibility index (Phi) is 5.63. The molecule has 0 amide bonds. The lowest BCUT2D eigenvalue weighted by molar-refractivity contribution is 0.0780. The maximum atomic E-state index is 5.95. The van der Waals surface area contributed by atoms with Crippen molar-refractivity contribution in [1.29, 1.82) is 0 Å². The van der Waals surface area contributed by atoms with E-state index in [2.05, 4.69) is 27.1 Å². The van der Waals surface area contributed by atoms with Crippen LogP contribution in [0.15, 0.2) is 60.9 Å². The van der Waals surface area contributed by atoms with E-state index >= 15 is 0 Å². The van der Waals surface area contributed by atoms with Gasteiger partial charge in [-0.25, -0.2) is 15.0 Å². The summed E-state index contributed by atoms with van der Waals surface area (Å²) in [5.41, 5.74) is 8.86. The number of anilines is 1. The monoisotopic (exact) mass is 403 g/mol. The van der Waals surface area contributed by atoms with Crippen LogP contribution in [0, 0.1) is 0 Å². The van der Waals surface area contributed by atoms with Gasteiger partial charge in [-0.15, -0.1) is 0 Å². The first kappa shape index (κ1) is 19.8. The molecule has 2 aromatic carbocycles. The van der Waals surface area contributed by atoms with Gasteiger partial charge in [0.15, 0.2) is 23.6 Å².